The van der Waals surface area contributed by atoms with Gasteiger partial charge in [-0.1, -0.05) is 24.3 Å². The average Bonchev–Trinajstić information content (AvgIpc) is 2.94. The van der Waals surface area contributed by atoms with Crippen LogP contribution in [-0.2, 0) is 21.2 Å². The van der Waals surface area contributed by atoms with Gasteiger partial charge in [0.2, 0.25) is 5.91 Å². The summed E-state index contributed by atoms with van der Waals surface area (Å²) in [5.41, 5.74) is 7.82. The van der Waals surface area contributed by atoms with Gasteiger partial charge in [0.15, 0.2) is 21.3 Å². The maximum atomic E-state index is 13.7. The van der Waals surface area contributed by atoms with E-state index in [1.807, 2.05) is 24.3 Å². The Bertz CT molecular complexity index is 1600. The fourth-order valence-electron chi connectivity index (χ4n) is 4.26. The summed E-state index contributed by atoms with van der Waals surface area (Å²) in [6, 6.07) is 18.5. The minimum Gasteiger partial charge on any atom is -0.493 e. The Balaban J connectivity index is 1.68. The maximum Gasteiger partial charge on any atom is 0.247 e. The number of nitrogen functional groups attached to an aromatic ring is 1. The molecule has 0 saturated heterocycles. The van der Waals surface area contributed by atoms with Crippen LogP contribution in [0.2, 0.25) is 0 Å². The summed E-state index contributed by atoms with van der Waals surface area (Å²) in [4.78, 5) is 18.0. The van der Waals surface area contributed by atoms with E-state index in [0.717, 1.165) is 10.8 Å². The molecule has 204 valence electrons. The molecule has 0 fully saturated rings. The van der Waals surface area contributed by atoms with Crippen molar-refractivity contribution in [2.45, 2.75) is 36.6 Å². The lowest BCUT2D eigenvalue weighted by molar-refractivity contribution is -0.122. The summed E-state index contributed by atoms with van der Waals surface area (Å²) in [6.45, 7) is 3.30. The van der Waals surface area contributed by atoms with Gasteiger partial charge in [-0.3, -0.25) is 4.79 Å². The van der Waals surface area contributed by atoms with Crippen LogP contribution in [0, 0.1) is 0 Å². The number of hydrogen-bond donors (Lipinski definition) is 3. The molecule has 1 atom stereocenters. The number of carbonyl (C=O) groups is 1. The van der Waals surface area contributed by atoms with Crippen LogP contribution in [0.25, 0.3) is 10.8 Å². The summed E-state index contributed by atoms with van der Waals surface area (Å²) in [5.74, 6) is 1.07. The maximum absolute atomic E-state index is 13.7. The Hall–Kier alpha value is -4.31. The van der Waals surface area contributed by atoms with Crippen molar-refractivity contribution in [3.8, 4) is 11.5 Å². The van der Waals surface area contributed by atoms with Crippen LogP contribution >= 0.6 is 0 Å². The normalized spacial score (nSPS) is 12.2. The molecule has 1 aromatic heterocycles. The number of benzene rings is 3. The number of carbonyl (C=O) groups excluding carboxylic acids is 1. The Morgan fingerprint density at radius 3 is 2.44 bits per heavy atom. The Labute approximate surface area is 228 Å². The first-order valence-electron chi connectivity index (χ1n) is 12.4. The average molecular weight is 549 g/mol. The third-order valence-corrected chi connectivity index (χ3v) is 8.71. The van der Waals surface area contributed by atoms with E-state index >= 15 is 0 Å². The van der Waals surface area contributed by atoms with Crippen LogP contribution in [0.4, 0.5) is 11.5 Å². The van der Waals surface area contributed by atoms with Gasteiger partial charge in [-0.2, -0.15) is 0 Å². The number of aromatic nitrogens is 1. The van der Waals surface area contributed by atoms with E-state index in [9.17, 15) is 13.2 Å². The number of amides is 1. The summed E-state index contributed by atoms with van der Waals surface area (Å²) < 4.78 is 36.6. The largest absolute Gasteiger partial charge is 0.493 e. The van der Waals surface area contributed by atoms with Crippen molar-refractivity contribution in [1.29, 1.82) is 0 Å². The number of nitrogens with zero attached hydrogens (tertiary/aromatic N) is 1. The van der Waals surface area contributed by atoms with Gasteiger partial charge < -0.3 is 25.8 Å². The van der Waals surface area contributed by atoms with Gasteiger partial charge in [0.1, 0.15) is 11.9 Å². The van der Waals surface area contributed by atoms with Crippen LogP contribution < -0.4 is 25.8 Å². The molecule has 0 spiro atoms. The Kier molecular flexibility index (Phi) is 8.25. The molecular formula is C29H32N4O5S. The molecule has 4 N–H and O–H groups in total. The minimum absolute atomic E-state index is 0.0341. The van der Waals surface area contributed by atoms with Crippen molar-refractivity contribution < 1.29 is 22.7 Å². The molecule has 0 aliphatic carbocycles. The number of fused-ring (bicyclic) bond motifs is 1. The zero-order valence-corrected chi connectivity index (χ0v) is 23.1. The third kappa shape index (κ3) is 5.91. The molecule has 0 aliphatic heterocycles. The zero-order valence-electron chi connectivity index (χ0n) is 22.3. The molecule has 0 saturated carbocycles. The number of rotatable bonds is 10. The van der Waals surface area contributed by atoms with Gasteiger partial charge in [-0.25, -0.2) is 13.4 Å². The summed E-state index contributed by atoms with van der Waals surface area (Å²) in [6.07, 6.45) is 1.63. The Morgan fingerprint density at radius 2 is 1.72 bits per heavy atom. The lowest BCUT2D eigenvalue weighted by atomic mass is 10.0. The first-order chi connectivity index (χ1) is 18.6. The molecule has 1 amide bonds. The zero-order chi connectivity index (χ0) is 28.2. The van der Waals surface area contributed by atoms with Gasteiger partial charge in [-0.15, -0.1) is 0 Å². The van der Waals surface area contributed by atoms with Crippen LogP contribution in [-0.4, -0.2) is 38.8 Å². The predicted molar refractivity (Wildman–Crippen MR) is 153 cm³/mol. The number of ether oxygens (including phenoxy) is 2. The second-order valence-electron chi connectivity index (χ2n) is 9.24. The molecule has 0 radical (unpaired) electrons. The molecule has 3 aromatic carbocycles. The number of methoxy groups -OCH3 is 2. The minimum atomic E-state index is -3.53. The second kappa shape index (κ2) is 11.6. The van der Waals surface area contributed by atoms with E-state index in [1.165, 1.54) is 14.2 Å². The van der Waals surface area contributed by atoms with Gasteiger partial charge in [0.05, 0.1) is 24.4 Å². The van der Waals surface area contributed by atoms with Gasteiger partial charge in [0, 0.05) is 23.8 Å². The van der Waals surface area contributed by atoms with Crippen LogP contribution in [0.15, 0.2) is 77.8 Å². The third-order valence-electron chi connectivity index (χ3n) is 6.46. The molecule has 4 rings (SSSR count). The highest BCUT2D eigenvalue weighted by Gasteiger charge is 2.25. The van der Waals surface area contributed by atoms with Crippen LogP contribution in [0.1, 0.15) is 31.0 Å². The van der Waals surface area contributed by atoms with Crippen molar-refractivity contribution in [2.75, 3.05) is 25.3 Å². The fraction of sp³-hybridized carbons (Fsp3) is 0.241. The van der Waals surface area contributed by atoms with Gasteiger partial charge >= 0.3 is 0 Å². The SMILES string of the molecule is COc1ccc(C(Nc2ccc3c(N)nccc3c2)C(=O)NCc2ccccc2S(=O)(=O)C(C)C)cc1OC. The topological polar surface area (TPSA) is 133 Å². The van der Waals surface area contributed by atoms with E-state index < -0.39 is 21.1 Å². The highest BCUT2D eigenvalue weighted by Crippen LogP contribution is 2.32. The quantitative estimate of drug-likeness (QED) is 0.264. The van der Waals surface area contributed by atoms with E-state index in [-0.39, 0.29) is 17.3 Å². The molecule has 1 unspecified atom stereocenters. The number of nitrogens with two attached hydrogens (primary N) is 1. The lowest BCUT2D eigenvalue weighted by Crippen LogP contribution is -2.33. The van der Waals surface area contributed by atoms with E-state index in [4.69, 9.17) is 15.2 Å². The smallest absolute Gasteiger partial charge is 0.247 e. The summed E-state index contributed by atoms with van der Waals surface area (Å²) >= 11 is 0. The van der Waals surface area contributed by atoms with Crippen molar-refractivity contribution in [1.82, 2.24) is 10.3 Å². The highest BCUT2D eigenvalue weighted by molar-refractivity contribution is 7.92. The van der Waals surface area contributed by atoms with E-state index in [2.05, 4.69) is 15.6 Å². The molecule has 1 heterocycles. The number of anilines is 2. The van der Waals surface area contributed by atoms with Crippen molar-refractivity contribution in [3.05, 3.63) is 84.1 Å². The molecule has 39 heavy (non-hydrogen) atoms. The van der Waals surface area contributed by atoms with Crippen LogP contribution in [0.3, 0.4) is 0 Å². The van der Waals surface area contributed by atoms with Crippen LogP contribution in [0.5, 0.6) is 11.5 Å². The molecule has 9 nitrogen and oxygen atoms in total. The molecule has 0 aliphatic rings. The molecular weight excluding hydrogens is 516 g/mol. The number of sulfone groups is 1. The predicted octanol–water partition coefficient (Wildman–Crippen LogP) is 4.49. The van der Waals surface area contributed by atoms with Gasteiger partial charge in [0.25, 0.3) is 0 Å². The molecule has 0 bridgehead atoms. The van der Waals surface area contributed by atoms with Crippen molar-refractivity contribution in [3.63, 3.8) is 0 Å². The monoisotopic (exact) mass is 548 g/mol. The lowest BCUT2D eigenvalue weighted by Gasteiger charge is -2.22. The van der Waals surface area contributed by atoms with E-state index in [1.54, 1.807) is 62.5 Å². The van der Waals surface area contributed by atoms with E-state index in [0.29, 0.717) is 34.1 Å². The van der Waals surface area contributed by atoms with Gasteiger partial charge in [-0.05, 0) is 72.8 Å². The first-order valence-corrected chi connectivity index (χ1v) is 13.9. The summed E-state index contributed by atoms with van der Waals surface area (Å²) in [5, 5.41) is 7.30. The number of nitrogens with one attached hydrogen (secondary N) is 2. The number of pyridine rings is 1. The molecule has 10 heteroatoms. The second-order valence-corrected chi connectivity index (χ2v) is 11.7. The fourth-order valence-corrected chi connectivity index (χ4v) is 5.54. The molecule has 4 aromatic rings. The Morgan fingerprint density at radius 1 is 0.974 bits per heavy atom. The standard InChI is InChI=1S/C29H32N4O5S/c1-18(2)39(35,36)26-8-6-5-7-21(26)17-32-29(34)27(20-9-12-24(37-3)25(16-20)38-4)33-22-10-11-23-19(15-22)13-14-31-28(23)30/h5-16,18,27,33H,17H2,1-4H3,(H2,30,31)(H,32,34). The highest BCUT2D eigenvalue weighted by atomic mass is 32.2. The number of hydrogen-bond acceptors (Lipinski definition) is 8. The van der Waals surface area contributed by atoms with Crippen molar-refractivity contribution in [2.24, 2.45) is 0 Å². The first kappa shape index (κ1) is 27.7. The summed E-state index contributed by atoms with van der Waals surface area (Å²) in [7, 11) is -0.464. The van der Waals surface area contributed by atoms with Crippen molar-refractivity contribution >= 4 is 38.0 Å².